The number of hydrogen-bond acceptors (Lipinski definition) is 4. The molecular weight excluding hydrogens is 461 g/mol. The third kappa shape index (κ3) is 5.96. The van der Waals surface area contributed by atoms with Crippen molar-refractivity contribution >= 4 is 40.8 Å². The Hall–Kier alpha value is -3.33. The topological polar surface area (TPSA) is 93.8 Å². The normalized spacial score (nSPS) is 16.7. The van der Waals surface area contributed by atoms with Gasteiger partial charge in [0.15, 0.2) is 0 Å². The molecule has 180 valence electrons. The largest absolute Gasteiger partial charge is 0.359 e. The van der Waals surface area contributed by atoms with E-state index < -0.39 is 0 Å². The van der Waals surface area contributed by atoms with Crippen molar-refractivity contribution in [3.8, 4) is 0 Å². The maximum absolute atomic E-state index is 13.0. The molecule has 2 fully saturated rings. The summed E-state index contributed by atoms with van der Waals surface area (Å²) in [7, 11) is 0. The third-order valence-corrected chi connectivity index (χ3v) is 6.41. The lowest BCUT2D eigenvalue weighted by atomic mass is 9.96. The molecule has 0 radical (unpaired) electrons. The number of piperidine rings is 1. The molecule has 2 heterocycles. The molecule has 0 saturated carbocycles. The van der Waals surface area contributed by atoms with Crippen molar-refractivity contribution in [1.82, 2.24) is 15.5 Å². The number of likely N-dealkylation sites (tertiary alicyclic amines) is 1. The highest BCUT2D eigenvalue weighted by molar-refractivity contribution is 6.33. The number of hydrogen-bond donors (Lipinski definition) is 3. The number of amides is 4. The summed E-state index contributed by atoms with van der Waals surface area (Å²) in [6.07, 6.45) is 1.14. The molecule has 2 aromatic carbocycles. The Bertz CT molecular complexity index is 1060. The van der Waals surface area contributed by atoms with Crippen molar-refractivity contribution in [1.29, 1.82) is 0 Å². The number of piperazine rings is 1. The zero-order valence-electron chi connectivity index (χ0n) is 18.7. The van der Waals surface area contributed by atoms with E-state index in [1.165, 1.54) is 12.1 Å². The number of halogens is 2. The summed E-state index contributed by atoms with van der Waals surface area (Å²) >= 11 is 6.41. The number of nitrogens with zero attached hydrogens (tertiary/aromatic N) is 2. The molecular formula is C24H27ClFN5O3. The molecule has 0 spiro atoms. The van der Waals surface area contributed by atoms with E-state index in [1.54, 1.807) is 35.2 Å². The Labute approximate surface area is 202 Å². The Morgan fingerprint density at radius 2 is 1.82 bits per heavy atom. The van der Waals surface area contributed by atoms with Crippen LogP contribution >= 0.6 is 11.6 Å². The highest BCUT2D eigenvalue weighted by Gasteiger charge is 2.27. The fourth-order valence-electron chi connectivity index (χ4n) is 4.17. The van der Waals surface area contributed by atoms with Crippen molar-refractivity contribution in [2.45, 2.75) is 19.4 Å². The summed E-state index contributed by atoms with van der Waals surface area (Å²) in [6, 6.07) is 11.0. The molecule has 0 bridgehead atoms. The van der Waals surface area contributed by atoms with Crippen LogP contribution in [0.1, 0.15) is 18.4 Å². The van der Waals surface area contributed by atoms with Crippen LogP contribution in [0.15, 0.2) is 42.5 Å². The molecule has 8 nitrogen and oxygen atoms in total. The Morgan fingerprint density at radius 1 is 1.09 bits per heavy atom. The van der Waals surface area contributed by atoms with Gasteiger partial charge in [0.25, 0.3) is 0 Å². The standard InChI is InChI=1S/C24H27ClFN5O3/c25-20-13-19(5-6-21(20)31-12-9-27-22(32)15-31)29-24(34)30-10-7-17(8-11-30)23(33)28-14-16-1-3-18(26)4-2-16/h1-6,13,17H,7-12,14-15H2,(H,27,32)(H,28,33)(H,29,34). The SMILES string of the molecule is O=C1CN(c2ccc(NC(=O)N3CCC(C(=O)NCc4ccc(F)cc4)CC3)cc2Cl)CCN1. The molecule has 2 aliphatic heterocycles. The summed E-state index contributed by atoms with van der Waals surface area (Å²) in [4.78, 5) is 40.4. The molecule has 0 aliphatic carbocycles. The average Bonchev–Trinajstić information content (AvgIpc) is 2.83. The van der Waals surface area contributed by atoms with Gasteiger partial charge in [-0.25, -0.2) is 9.18 Å². The van der Waals surface area contributed by atoms with E-state index in [2.05, 4.69) is 16.0 Å². The summed E-state index contributed by atoms with van der Waals surface area (Å²) in [5, 5.41) is 8.99. The van der Waals surface area contributed by atoms with Gasteiger partial charge in [-0.15, -0.1) is 0 Å². The molecule has 10 heteroatoms. The van der Waals surface area contributed by atoms with Gasteiger partial charge in [-0.1, -0.05) is 23.7 Å². The summed E-state index contributed by atoms with van der Waals surface area (Å²) in [5.74, 6) is -0.583. The zero-order chi connectivity index (χ0) is 24.1. The fourth-order valence-corrected chi connectivity index (χ4v) is 4.47. The van der Waals surface area contributed by atoms with E-state index in [4.69, 9.17) is 11.6 Å². The van der Waals surface area contributed by atoms with E-state index in [9.17, 15) is 18.8 Å². The van der Waals surface area contributed by atoms with Crippen molar-refractivity contribution in [2.75, 3.05) is 42.9 Å². The van der Waals surface area contributed by atoms with Crippen LogP contribution in [-0.4, -0.2) is 55.5 Å². The lowest BCUT2D eigenvalue weighted by Gasteiger charge is -2.31. The number of urea groups is 1. The van der Waals surface area contributed by atoms with Crippen LogP contribution in [0.4, 0.5) is 20.6 Å². The van der Waals surface area contributed by atoms with E-state index in [-0.39, 0.29) is 36.1 Å². The van der Waals surface area contributed by atoms with Gasteiger partial charge in [0, 0.05) is 44.3 Å². The molecule has 2 saturated heterocycles. The zero-order valence-corrected chi connectivity index (χ0v) is 19.4. The fraction of sp³-hybridized carbons (Fsp3) is 0.375. The molecule has 4 amide bonds. The Kier molecular flexibility index (Phi) is 7.52. The van der Waals surface area contributed by atoms with Gasteiger partial charge in [-0.3, -0.25) is 9.59 Å². The second-order valence-corrected chi connectivity index (χ2v) is 8.88. The monoisotopic (exact) mass is 487 g/mol. The van der Waals surface area contributed by atoms with Crippen LogP contribution in [0.3, 0.4) is 0 Å². The van der Waals surface area contributed by atoms with Crippen LogP contribution in [0.2, 0.25) is 5.02 Å². The first-order valence-corrected chi connectivity index (χ1v) is 11.7. The van der Waals surface area contributed by atoms with Crippen LogP contribution in [0.25, 0.3) is 0 Å². The number of carbonyl (C=O) groups excluding carboxylic acids is 3. The molecule has 0 aromatic heterocycles. The molecule has 0 atom stereocenters. The minimum Gasteiger partial charge on any atom is -0.359 e. The maximum Gasteiger partial charge on any atom is 0.321 e. The first kappa shape index (κ1) is 23.8. The molecule has 2 aromatic rings. The van der Waals surface area contributed by atoms with Gasteiger partial charge in [0.2, 0.25) is 11.8 Å². The second kappa shape index (κ2) is 10.7. The predicted octanol–water partition coefficient (Wildman–Crippen LogP) is 2.98. The Balaban J connectivity index is 1.24. The van der Waals surface area contributed by atoms with Crippen LogP contribution in [0, 0.1) is 11.7 Å². The number of anilines is 2. The number of nitrogens with one attached hydrogen (secondary N) is 3. The molecule has 0 unspecified atom stereocenters. The second-order valence-electron chi connectivity index (χ2n) is 8.47. The summed E-state index contributed by atoms with van der Waals surface area (Å²) in [6.45, 7) is 2.76. The third-order valence-electron chi connectivity index (χ3n) is 6.11. The van der Waals surface area contributed by atoms with Gasteiger partial charge in [-0.05, 0) is 48.7 Å². The minimum absolute atomic E-state index is 0.0489. The van der Waals surface area contributed by atoms with Gasteiger partial charge in [0.05, 0.1) is 17.3 Å². The number of rotatable bonds is 5. The smallest absolute Gasteiger partial charge is 0.321 e. The quantitative estimate of drug-likeness (QED) is 0.604. The van der Waals surface area contributed by atoms with Gasteiger partial charge in [-0.2, -0.15) is 0 Å². The molecule has 3 N–H and O–H groups in total. The van der Waals surface area contributed by atoms with Crippen LogP contribution in [-0.2, 0) is 16.1 Å². The average molecular weight is 488 g/mol. The number of carbonyl (C=O) groups is 3. The van der Waals surface area contributed by atoms with Crippen LogP contribution in [0.5, 0.6) is 0 Å². The van der Waals surface area contributed by atoms with Gasteiger partial charge < -0.3 is 25.8 Å². The number of benzene rings is 2. The first-order valence-electron chi connectivity index (χ1n) is 11.3. The maximum atomic E-state index is 13.0. The molecule has 2 aliphatic rings. The van der Waals surface area contributed by atoms with E-state index in [0.717, 1.165) is 11.3 Å². The lowest BCUT2D eigenvalue weighted by Crippen LogP contribution is -2.47. The van der Waals surface area contributed by atoms with Crippen LogP contribution < -0.4 is 20.9 Å². The minimum atomic E-state index is -0.310. The summed E-state index contributed by atoms with van der Waals surface area (Å²) in [5.41, 5.74) is 2.15. The van der Waals surface area contributed by atoms with Crippen molar-refractivity contribution in [2.24, 2.45) is 5.92 Å². The van der Waals surface area contributed by atoms with Gasteiger partial charge in [0.1, 0.15) is 5.82 Å². The van der Waals surface area contributed by atoms with E-state index >= 15 is 0 Å². The highest BCUT2D eigenvalue weighted by atomic mass is 35.5. The van der Waals surface area contributed by atoms with E-state index in [1.807, 2.05) is 4.90 Å². The molecule has 4 rings (SSSR count). The first-order chi connectivity index (χ1) is 16.4. The van der Waals surface area contributed by atoms with E-state index in [0.29, 0.717) is 56.3 Å². The van der Waals surface area contributed by atoms with Crippen molar-refractivity contribution in [3.63, 3.8) is 0 Å². The van der Waals surface area contributed by atoms with Crippen molar-refractivity contribution < 1.29 is 18.8 Å². The summed E-state index contributed by atoms with van der Waals surface area (Å²) < 4.78 is 13.0. The van der Waals surface area contributed by atoms with Crippen molar-refractivity contribution in [3.05, 3.63) is 58.9 Å². The van der Waals surface area contributed by atoms with Gasteiger partial charge >= 0.3 is 6.03 Å². The highest BCUT2D eigenvalue weighted by Crippen LogP contribution is 2.29. The lowest BCUT2D eigenvalue weighted by molar-refractivity contribution is -0.126. The predicted molar refractivity (Wildman–Crippen MR) is 128 cm³/mol. The molecule has 34 heavy (non-hydrogen) atoms. The Morgan fingerprint density at radius 3 is 2.50 bits per heavy atom.